The maximum atomic E-state index is 6.27. The van der Waals surface area contributed by atoms with Crippen molar-refractivity contribution < 1.29 is 0 Å². The summed E-state index contributed by atoms with van der Waals surface area (Å²) < 4.78 is 0. The average Bonchev–Trinajstić information content (AvgIpc) is 2.54. The number of nitrogens with zero attached hydrogens (tertiary/aromatic N) is 2. The van der Waals surface area contributed by atoms with Crippen LogP contribution in [0.5, 0.6) is 0 Å². The number of para-hydroxylation sites is 2. The normalized spacial score (nSPS) is 14.2. The molecule has 2 heterocycles. The number of hydrogen-bond donors (Lipinski definition) is 1. The van der Waals surface area contributed by atoms with Crippen molar-refractivity contribution in [1.29, 1.82) is 0 Å². The van der Waals surface area contributed by atoms with E-state index >= 15 is 0 Å². The molecule has 1 aliphatic heterocycles. The van der Waals surface area contributed by atoms with Crippen LogP contribution in [0, 0.1) is 0 Å². The van der Waals surface area contributed by atoms with Crippen LogP contribution in [0.2, 0.25) is 0 Å². The molecule has 3 heteroatoms. The van der Waals surface area contributed by atoms with Crippen LogP contribution < -0.4 is 10.6 Å². The molecule has 0 radical (unpaired) electrons. The van der Waals surface area contributed by atoms with Gasteiger partial charge in [0.05, 0.1) is 23.1 Å². The Kier molecular flexibility index (Phi) is 2.78. The highest BCUT2D eigenvalue weighted by molar-refractivity contribution is 5.99. The predicted octanol–water partition coefficient (Wildman–Crippen LogP) is 3.90. The van der Waals surface area contributed by atoms with Gasteiger partial charge in [-0.3, -0.25) is 4.98 Å². The Morgan fingerprint density at radius 2 is 1.81 bits per heavy atom. The monoisotopic (exact) mass is 275 g/mol. The van der Waals surface area contributed by atoms with Crippen molar-refractivity contribution in [3.63, 3.8) is 0 Å². The lowest BCUT2D eigenvalue weighted by Crippen LogP contribution is -2.25. The van der Waals surface area contributed by atoms with Crippen LogP contribution >= 0.6 is 0 Å². The van der Waals surface area contributed by atoms with Crippen LogP contribution in [0.15, 0.2) is 54.7 Å². The number of benzene rings is 2. The molecular weight excluding hydrogens is 258 g/mol. The summed E-state index contributed by atoms with van der Waals surface area (Å²) in [4.78, 5) is 6.79. The van der Waals surface area contributed by atoms with Crippen molar-refractivity contribution in [2.75, 3.05) is 17.2 Å². The summed E-state index contributed by atoms with van der Waals surface area (Å²) in [6.45, 7) is 0.995. The average molecular weight is 275 g/mol. The molecule has 104 valence electrons. The third kappa shape index (κ3) is 1.93. The molecule has 0 bridgehead atoms. The first-order valence-corrected chi connectivity index (χ1v) is 7.33. The van der Waals surface area contributed by atoms with Gasteiger partial charge in [0.25, 0.3) is 0 Å². The van der Waals surface area contributed by atoms with E-state index in [0.29, 0.717) is 0 Å². The quantitative estimate of drug-likeness (QED) is 0.732. The smallest absolute Gasteiger partial charge is 0.0755 e. The van der Waals surface area contributed by atoms with Gasteiger partial charge in [0.2, 0.25) is 0 Å². The molecule has 3 nitrogen and oxygen atoms in total. The highest BCUT2D eigenvalue weighted by Crippen LogP contribution is 2.39. The van der Waals surface area contributed by atoms with Gasteiger partial charge in [-0.1, -0.05) is 36.4 Å². The molecule has 0 saturated carbocycles. The highest BCUT2D eigenvalue weighted by Gasteiger charge is 2.21. The van der Waals surface area contributed by atoms with Gasteiger partial charge in [0, 0.05) is 17.6 Å². The van der Waals surface area contributed by atoms with Crippen LogP contribution in [-0.4, -0.2) is 11.5 Å². The Hall–Kier alpha value is -2.55. The number of rotatable bonds is 1. The molecule has 0 aliphatic carbocycles. The minimum atomic E-state index is 0.741. The summed E-state index contributed by atoms with van der Waals surface area (Å²) in [6.07, 6.45) is 4.05. The molecule has 0 amide bonds. The predicted molar refractivity (Wildman–Crippen MR) is 87.9 cm³/mol. The maximum absolute atomic E-state index is 6.27. The van der Waals surface area contributed by atoms with Crippen LogP contribution in [0.4, 0.5) is 17.1 Å². The van der Waals surface area contributed by atoms with E-state index in [1.807, 2.05) is 18.2 Å². The Morgan fingerprint density at radius 1 is 1.00 bits per heavy atom. The summed E-state index contributed by atoms with van der Waals surface area (Å²) in [7, 11) is 0. The van der Waals surface area contributed by atoms with E-state index in [9.17, 15) is 0 Å². The molecule has 0 atom stereocenters. The zero-order valence-electron chi connectivity index (χ0n) is 11.8. The second-order valence-corrected chi connectivity index (χ2v) is 5.46. The van der Waals surface area contributed by atoms with Gasteiger partial charge in [0.15, 0.2) is 0 Å². The van der Waals surface area contributed by atoms with Crippen LogP contribution in [-0.2, 0) is 6.42 Å². The number of nitrogens with two attached hydrogens (primary N) is 1. The molecule has 0 spiro atoms. The third-order valence-electron chi connectivity index (χ3n) is 4.16. The number of anilines is 3. The van der Waals surface area contributed by atoms with E-state index in [-0.39, 0.29) is 0 Å². The van der Waals surface area contributed by atoms with Crippen LogP contribution in [0.3, 0.4) is 0 Å². The van der Waals surface area contributed by atoms with Crippen molar-refractivity contribution in [2.45, 2.75) is 12.8 Å². The SMILES string of the molecule is Nc1cnc2ccccc2c1N1CCCc2ccccc21. The van der Waals surface area contributed by atoms with Crippen molar-refractivity contribution in [2.24, 2.45) is 0 Å². The summed E-state index contributed by atoms with van der Waals surface area (Å²) >= 11 is 0. The highest BCUT2D eigenvalue weighted by atomic mass is 15.2. The molecular formula is C18H17N3. The summed E-state index contributed by atoms with van der Waals surface area (Å²) in [6, 6.07) is 16.8. The minimum absolute atomic E-state index is 0.741. The van der Waals surface area contributed by atoms with Crippen molar-refractivity contribution in [3.8, 4) is 0 Å². The van der Waals surface area contributed by atoms with Gasteiger partial charge in [-0.15, -0.1) is 0 Å². The second kappa shape index (κ2) is 4.77. The molecule has 1 aliphatic rings. The Bertz CT molecular complexity index is 810. The summed E-state index contributed by atoms with van der Waals surface area (Å²) in [5, 5.41) is 1.12. The zero-order chi connectivity index (χ0) is 14.2. The van der Waals surface area contributed by atoms with E-state index in [4.69, 9.17) is 5.73 Å². The first kappa shape index (κ1) is 12.2. The molecule has 0 fully saturated rings. The van der Waals surface area contributed by atoms with Gasteiger partial charge in [-0.2, -0.15) is 0 Å². The first-order chi connectivity index (χ1) is 10.3. The zero-order valence-corrected chi connectivity index (χ0v) is 11.8. The number of hydrogen-bond acceptors (Lipinski definition) is 3. The van der Waals surface area contributed by atoms with E-state index < -0.39 is 0 Å². The third-order valence-corrected chi connectivity index (χ3v) is 4.16. The number of aryl methyl sites for hydroxylation is 1. The molecule has 0 unspecified atom stereocenters. The Labute approximate surface area is 124 Å². The van der Waals surface area contributed by atoms with E-state index in [0.717, 1.165) is 41.7 Å². The van der Waals surface area contributed by atoms with E-state index in [2.05, 4.69) is 40.2 Å². The van der Waals surface area contributed by atoms with Gasteiger partial charge < -0.3 is 10.6 Å². The lowest BCUT2D eigenvalue weighted by Gasteiger charge is -2.32. The molecule has 4 rings (SSSR count). The molecule has 2 aromatic carbocycles. The van der Waals surface area contributed by atoms with E-state index in [1.165, 1.54) is 11.3 Å². The number of aromatic nitrogens is 1. The molecule has 21 heavy (non-hydrogen) atoms. The molecule has 0 saturated heterocycles. The van der Waals surface area contributed by atoms with Crippen LogP contribution in [0.1, 0.15) is 12.0 Å². The molecule has 2 N–H and O–H groups in total. The fourth-order valence-corrected chi connectivity index (χ4v) is 3.21. The van der Waals surface area contributed by atoms with Gasteiger partial charge in [-0.05, 0) is 30.5 Å². The first-order valence-electron chi connectivity index (χ1n) is 7.33. The lowest BCUT2D eigenvalue weighted by atomic mass is 10.00. The van der Waals surface area contributed by atoms with Crippen molar-refractivity contribution in [3.05, 3.63) is 60.3 Å². The van der Waals surface area contributed by atoms with E-state index in [1.54, 1.807) is 6.20 Å². The lowest BCUT2D eigenvalue weighted by molar-refractivity contribution is 0.769. The summed E-state index contributed by atoms with van der Waals surface area (Å²) in [5.41, 5.74) is 11.8. The number of fused-ring (bicyclic) bond motifs is 2. The number of pyridine rings is 1. The Morgan fingerprint density at radius 3 is 2.76 bits per heavy atom. The molecule has 1 aromatic heterocycles. The largest absolute Gasteiger partial charge is 0.396 e. The standard InChI is InChI=1S/C18H17N3/c19-15-12-20-16-9-3-2-8-14(16)18(15)21-11-5-7-13-6-1-4-10-17(13)21/h1-4,6,8-10,12H,5,7,11,19H2. The fourth-order valence-electron chi connectivity index (χ4n) is 3.21. The topological polar surface area (TPSA) is 42.1 Å². The second-order valence-electron chi connectivity index (χ2n) is 5.46. The molecule has 3 aromatic rings. The number of nitrogen functional groups attached to an aromatic ring is 1. The van der Waals surface area contributed by atoms with Crippen LogP contribution in [0.25, 0.3) is 10.9 Å². The fraction of sp³-hybridized carbons (Fsp3) is 0.167. The van der Waals surface area contributed by atoms with Crippen molar-refractivity contribution >= 4 is 28.0 Å². The van der Waals surface area contributed by atoms with Crippen molar-refractivity contribution in [1.82, 2.24) is 4.98 Å². The van der Waals surface area contributed by atoms with Gasteiger partial charge in [0.1, 0.15) is 0 Å². The Balaban J connectivity index is 1.98. The maximum Gasteiger partial charge on any atom is 0.0755 e. The van der Waals surface area contributed by atoms with Gasteiger partial charge >= 0.3 is 0 Å². The van der Waals surface area contributed by atoms with Gasteiger partial charge in [-0.25, -0.2) is 0 Å². The minimum Gasteiger partial charge on any atom is -0.396 e. The summed E-state index contributed by atoms with van der Waals surface area (Å²) in [5.74, 6) is 0.